The Kier molecular flexibility index (Phi) is 6.57. The molecule has 7 heteroatoms. The molecule has 0 N–H and O–H groups in total. The summed E-state index contributed by atoms with van der Waals surface area (Å²) >= 11 is 0. The molecule has 0 aliphatic carbocycles. The number of ketones is 1. The van der Waals surface area contributed by atoms with E-state index in [-0.39, 0.29) is 24.0 Å². The molecule has 0 saturated carbocycles. The lowest BCUT2D eigenvalue weighted by Crippen LogP contribution is -2.52. The molecule has 0 bridgehead atoms. The van der Waals surface area contributed by atoms with Crippen LogP contribution in [0.4, 0.5) is 5.69 Å². The molecule has 42 heavy (non-hydrogen) atoms. The van der Waals surface area contributed by atoms with Crippen LogP contribution in [0.5, 0.6) is 5.75 Å². The van der Waals surface area contributed by atoms with Crippen LogP contribution < -0.4 is 9.64 Å². The van der Waals surface area contributed by atoms with E-state index in [9.17, 15) is 14.4 Å². The third kappa shape index (κ3) is 4.85. The molecular weight excluding hydrogens is 526 g/mol. The standard InChI is InChI=1S/C35H31N3O4/c39-31-23-35(42-32-14-13-27(22-28(31)32)38-17-7-12-33(38)40)15-18-37(19-16-35)34(41)26-20-29(24-8-3-1-4-9-24)36-30(21-26)25-10-5-2-6-11-25/h1-6,8-11,13-14,20-22H,7,12,15-19,23H2. The first-order valence-corrected chi connectivity index (χ1v) is 14.6. The quantitative estimate of drug-likeness (QED) is 0.299. The van der Waals surface area contributed by atoms with Gasteiger partial charge >= 0.3 is 0 Å². The highest BCUT2D eigenvalue weighted by atomic mass is 16.5. The van der Waals surface area contributed by atoms with Crippen LogP contribution in [0.25, 0.3) is 22.5 Å². The van der Waals surface area contributed by atoms with E-state index in [1.807, 2.05) is 89.8 Å². The Morgan fingerprint density at radius 1 is 0.786 bits per heavy atom. The minimum atomic E-state index is -0.630. The lowest BCUT2D eigenvalue weighted by atomic mass is 9.82. The van der Waals surface area contributed by atoms with Crippen molar-refractivity contribution in [2.75, 3.05) is 24.5 Å². The molecule has 3 aromatic carbocycles. The van der Waals surface area contributed by atoms with E-state index < -0.39 is 5.60 Å². The molecule has 7 rings (SSSR count). The highest BCUT2D eigenvalue weighted by Gasteiger charge is 2.44. The summed E-state index contributed by atoms with van der Waals surface area (Å²) in [6.07, 6.45) is 2.78. The van der Waals surface area contributed by atoms with E-state index in [2.05, 4.69) is 0 Å². The van der Waals surface area contributed by atoms with Crippen LogP contribution in [0, 0.1) is 0 Å². The van der Waals surface area contributed by atoms with Gasteiger partial charge in [0.1, 0.15) is 11.4 Å². The fraction of sp³-hybridized carbons (Fsp3) is 0.257. The number of benzene rings is 3. The van der Waals surface area contributed by atoms with Gasteiger partial charge in [0.2, 0.25) is 5.91 Å². The van der Waals surface area contributed by atoms with E-state index in [1.54, 1.807) is 11.0 Å². The fourth-order valence-corrected chi connectivity index (χ4v) is 6.32. The van der Waals surface area contributed by atoms with Crippen molar-refractivity contribution in [2.24, 2.45) is 0 Å². The van der Waals surface area contributed by atoms with Gasteiger partial charge in [0.05, 0.1) is 23.4 Å². The number of rotatable bonds is 4. The van der Waals surface area contributed by atoms with Crippen LogP contribution in [0.2, 0.25) is 0 Å². The zero-order valence-electron chi connectivity index (χ0n) is 23.3. The van der Waals surface area contributed by atoms with E-state index >= 15 is 0 Å². The van der Waals surface area contributed by atoms with Gasteiger partial charge in [0.15, 0.2) is 5.78 Å². The van der Waals surface area contributed by atoms with Gasteiger partial charge < -0.3 is 14.5 Å². The lowest BCUT2D eigenvalue weighted by molar-refractivity contribution is -0.117. The number of hydrogen-bond acceptors (Lipinski definition) is 5. The average Bonchev–Trinajstić information content (AvgIpc) is 3.47. The summed E-state index contributed by atoms with van der Waals surface area (Å²) in [5, 5.41) is 0. The fourth-order valence-electron chi connectivity index (χ4n) is 6.32. The molecule has 4 heterocycles. The van der Waals surface area contributed by atoms with E-state index in [1.165, 1.54) is 0 Å². The summed E-state index contributed by atoms with van der Waals surface area (Å²) in [5.41, 5.74) is 4.66. The molecule has 210 valence electrons. The van der Waals surface area contributed by atoms with Crippen LogP contribution in [-0.4, -0.2) is 52.7 Å². The molecule has 2 fully saturated rings. The minimum Gasteiger partial charge on any atom is -0.486 e. The van der Waals surface area contributed by atoms with E-state index in [0.29, 0.717) is 55.8 Å². The second kappa shape index (κ2) is 10.6. The van der Waals surface area contributed by atoms with E-state index in [0.717, 1.165) is 34.6 Å². The number of fused-ring (bicyclic) bond motifs is 1. The van der Waals surface area contributed by atoms with Crippen LogP contribution in [-0.2, 0) is 4.79 Å². The van der Waals surface area contributed by atoms with Gasteiger partial charge in [-0.25, -0.2) is 4.98 Å². The Bertz CT molecular complexity index is 1620. The van der Waals surface area contributed by atoms with Gasteiger partial charge in [-0.15, -0.1) is 0 Å². The number of nitrogens with zero attached hydrogens (tertiary/aromatic N) is 3. The highest BCUT2D eigenvalue weighted by Crippen LogP contribution is 2.41. The van der Waals surface area contributed by atoms with Crippen molar-refractivity contribution in [1.29, 1.82) is 0 Å². The topological polar surface area (TPSA) is 79.8 Å². The first-order chi connectivity index (χ1) is 20.5. The largest absolute Gasteiger partial charge is 0.486 e. The van der Waals surface area contributed by atoms with Gasteiger partial charge in [-0.05, 0) is 36.8 Å². The van der Waals surface area contributed by atoms with Crippen LogP contribution in [0.15, 0.2) is 91.0 Å². The summed E-state index contributed by atoms with van der Waals surface area (Å²) in [5.74, 6) is 0.631. The minimum absolute atomic E-state index is 0.0265. The molecule has 1 spiro atoms. The monoisotopic (exact) mass is 557 g/mol. The number of Topliss-reactive ketones (excluding diaryl/α,β-unsaturated/α-hetero) is 1. The third-order valence-electron chi connectivity index (χ3n) is 8.63. The zero-order valence-corrected chi connectivity index (χ0v) is 23.3. The normalized spacial score (nSPS) is 17.7. The van der Waals surface area contributed by atoms with Gasteiger partial charge in [-0.2, -0.15) is 0 Å². The molecule has 0 unspecified atom stereocenters. The van der Waals surface area contributed by atoms with Crippen molar-refractivity contribution >= 4 is 23.3 Å². The maximum Gasteiger partial charge on any atom is 0.254 e. The van der Waals surface area contributed by atoms with E-state index in [4.69, 9.17) is 9.72 Å². The Hall–Kier alpha value is -4.78. The van der Waals surface area contributed by atoms with Crippen molar-refractivity contribution in [1.82, 2.24) is 9.88 Å². The summed E-state index contributed by atoms with van der Waals surface area (Å²) in [4.78, 5) is 47.9. The smallest absolute Gasteiger partial charge is 0.254 e. The van der Waals surface area contributed by atoms with Crippen LogP contribution >= 0.6 is 0 Å². The molecule has 3 aliphatic rings. The molecule has 0 radical (unpaired) electrons. The van der Waals surface area contributed by atoms with Crippen LogP contribution in [0.1, 0.15) is 52.8 Å². The van der Waals surface area contributed by atoms with Gasteiger partial charge in [0, 0.05) is 61.3 Å². The predicted octanol–water partition coefficient (Wildman–Crippen LogP) is 6.18. The Morgan fingerprint density at radius 2 is 1.43 bits per heavy atom. The number of amides is 2. The van der Waals surface area contributed by atoms with Gasteiger partial charge in [0.25, 0.3) is 5.91 Å². The summed E-state index contributed by atoms with van der Waals surface area (Å²) in [7, 11) is 0. The van der Waals surface area contributed by atoms with Crippen molar-refractivity contribution in [2.45, 2.75) is 37.7 Å². The van der Waals surface area contributed by atoms with Crippen molar-refractivity contribution in [3.8, 4) is 28.3 Å². The number of pyridine rings is 1. The number of anilines is 1. The lowest BCUT2D eigenvalue weighted by Gasteiger charge is -2.44. The first-order valence-electron chi connectivity index (χ1n) is 14.6. The zero-order chi connectivity index (χ0) is 28.7. The molecule has 1 aromatic heterocycles. The summed E-state index contributed by atoms with van der Waals surface area (Å²) in [6.45, 7) is 1.66. The van der Waals surface area contributed by atoms with Crippen molar-refractivity contribution < 1.29 is 19.1 Å². The average molecular weight is 558 g/mol. The number of hydrogen-bond donors (Lipinski definition) is 0. The van der Waals surface area contributed by atoms with Crippen molar-refractivity contribution in [3.05, 3.63) is 102 Å². The van der Waals surface area contributed by atoms with Crippen LogP contribution in [0.3, 0.4) is 0 Å². The molecule has 3 aliphatic heterocycles. The highest BCUT2D eigenvalue weighted by molar-refractivity contribution is 6.03. The number of aromatic nitrogens is 1. The maximum absolute atomic E-state index is 13.8. The number of likely N-dealkylation sites (tertiary alicyclic amines) is 1. The second-order valence-corrected chi connectivity index (χ2v) is 11.4. The Labute approximate surface area is 244 Å². The molecular formula is C35H31N3O4. The maximum atomic E-state index is 13.8. The summed E-state index contributed by atoms with van der Waals surface area (Å²) < 4.78 is 6.49. The van der Waals surface area contributed by atoms with Gasteiger partial charge in [-0.3, -0.25) is 14.4 Å². The molecule has 4 aromatic rings. The first kappa shape index (κ1) is 26.1. The Balaban J connectivity index is 1.11. The number of ether oxygens (including phenoxy) is 1. The molecule has 2 amide bonds. The SMILES string of the molecule is O=C1CC2(CCN(C(=O)c3cc(-c4ccccc4)nc(-c4ccccc4)c3)CC2)Oc2ccc(N3CCCC3=O)cc21. The predicted molar refractivity (Wildman–Crippen MR) is 161 cm³/mol. The molecule has 0 atom stereocenters. The molecule has 7 nitrogen and oxygen atoms in total. The third-order valence-corrected chi connectivity index (χ3v) is 8.63. The molecule has 2 saturated heterocycles. The number of carbonyl (C=O) groups is 3. The van der Waals surface area contributed by atoms with Crippen molar-refractivity contribution in [3.63, 3.8) is 0 Å². The summed E-state index contributed by atoms with van der Waals surface area (Å²) in [6, 6.07) is 29.0. The van der Waals surface area contributed by atoms with Gasteiger partial charge in [-0.1, -0.05) is 60.7 Å². The Morgan fingerprint density at radius 3 is 2.02 bits per heavy atom. The number of carbonyl (C=O) groups excluding carboxylic acids is 3. The second-order valence-electron chi connectivity index (χ2n) is 11.4. The number of piperidine rings is 1.